The highest BCUT2D eigenvalue weighted by atomic mass is 16.1. The second-order valence-electron chi connectivity index (χ2n) is 3.68. The third kappa shape index (κ3) is 9.25. The zero-order valence-corrected chi connectivity index (χ0v) is 11.0. The van der Waals surface area contributed by atoms with Crippen molar-refractivity contribution in [2.75, 3.05) is 0 Å². The summed E-state index contributed by atoms with van der Waals surface area (Å²) in [7, 11) is 0. The van der Waals surface area contributed by atoms with Crippen LogP contribution >= 0.6 is 0 Å². The summed E-state index contributed by atoms with van der Waals surface area (Å²) in [6.45, 7) is 0. The topological polar surface area (TPSA) is 81.8 Å². The molecular weight excluding hydrogens is 252 g/mol. The Kier molecular flexibility index (Phi) is 10.9. The van der Waals surface area contributed by atoms with Crippen LogP contribution < -0.4 is 0 Å². The van der Waals surface area contributed by atoms with Crippen LogP contribution in [0.4, 0.5) is 0 Å². The van der Waals surface area contributed by atoms with Gasteiger partial charge in [-0.3, -0.25) is 0 Å². The lowest BCUT2D eigenvalue weighted by Gasteiger charge is -2.01. The van der Waals surface area contributed by atoms with Crippen molar-refractivity contribution in [3.8, 4) is 0 Å². The summed E-state index contributed by atoms with van der Waals surface area (Å²) >= 11 is 0. The van der Waals surface area contributed by atoms with Crippen molar-refractivity contribution < 1.29 is 9.59 Å². The molecule has 0 radical (unpaired) electrons. The van der Waals surface area contributed by atoms with Gasteiger partial charge in [-0.15, -0.1) is 0 Å². The van der Waals surface area contributed by atoms with Gasteiger partial charge in [-0.05, 0) is 24.0 Å². The van der Waals surface area contributed by atoms with Crippen molar-refractivity contribution in [1.82, 2.24) is 0 Å². The lowest BCUT2D eigenvalue weighted by atomic mass is 10.0. The standard InChI is InChI=1S/C14H14.2CHNO/c1-3-7-13(8-4-1)11-12-14-9-5-2-6-10-14;2*2-1-3/h1-10H,11-12H2;2*2H. The molecule has 0 saturated heterocycles. The third-order valence-corrected chi connectivity index (χ3v) is 2.39. The quantitative estimate of drug-likeness (QED) is 0.661. The maximum Gasteiger partial charge on any atom is 0.231 e. The van der Waals surface area contributed by atoms with Crippen molar-refractivity contribution in [3.05, 3.63) is 71.8 Å². The molecule has 4 nitrogen and oxygen atoms in total. The summed E-state index contributed by atoms with van der Waals surface area (Å²) in [6, 6.07) is 21.2. The second kappa shape index (κ2) is 12.7. The van der Waals surface area contributed by atoms with E-state index in [0.29, 0.717) is 0 Å². The Balaban J connectivity index is 0.000000520. The Morgan fingerprint density at radius 1 is 0.650 bits per heavy atom. The normalized spacial score (nSPS) is 7.80. The molecule has 0 atom stereocenters. The van der Waals surface area contributed by atoms with Crippen molar-refractivity contribution in [3.63, 3.8) is 0 Å². The van der Waals surface area contributed by atoms with Crippen LogP contribution in [0.5, 0.6) is 0 Å². The summed E-state index contributed by atoms with van der Waals surface area (Å²) in [4.78, 5) is 16.7. The molecule has 0 fully saturated rings. The minimum Gasteiger partial charge on any atom is -0.222 e. The first-order valence-corrected chi connectivity index (χ1v) is 5.94. The third-order valence-electron chi connectivity index (χ3n) is 2.39. The molecule has 2 aromatic carbocycles. The van der Waals surface area contributed by atoms with Gasteiger partial charge in [-0.2, -0.15) is 0 Å². The molecule has 0 aromatic heterocycles. The van der Waals surface area contributed by atoms with Gasteiger partial charge < -0.3 is 0 Å². The zero-order chi connectivity index (χ0) is 15.1. The summed E-state index contributed by atoms with van der Waals surface area (Å²) in [5.74, 6) is 0. The van der Waals surface area contributed by atoms with E-state index >= 15 is 0 Å². The first-order chi connectivity index (χ1) is 9.78. The van der Waals surface area contributed by atoms with Crippen LogP contribution in [0.2, 0.25) is 0 Å². The molecule has 0 aliphatic rings. The number of aryl methyl sites for hydroxylation is 2. The van der Waals surface area contributed by atoms with E-state index in [-0.39, 0.29) is 0 Å². The van der Waals surface area contributed by atoms with E-state index in [0.717, 1.165) is 25.0 Å². The maximum absolute atomic E-state index is 8.35. The largest absolute Gasteiger partial charge is 0.231 e. The molecule has 2 aromatic rings. The number of rotatable bonds is 3. The van der Waals surface area contributed by atoms with Crippen LogP contribution in [-0.4, -0.2) is 12.2 Å². The molecule has 2 N–H and O–H groups in total. The molecule has 0 aliphatic heterocycles. The van der Waals surface area contributed by atoms with Crippen LogP contribution in [0.1, 0.15) is 11.1 Å². The first-order valence-electron chi connectivity index (χ1n) is 5.94. The van der Waals surface area contributed by atoms with Crippen molar-refractivity contribution in [2.24, 2.45) is 0 Å². The Morgan fingerprint density at radius 3 is 1.15 bits per heavy atom. The van der Waals surface area contributed by atoms with Crippen LogP contribution in [0.3, 0.4) is 0 Å². The Morgan fingerprint density at radius 2 is 0.900 bits per heavy atom. The summed E-state index contributed by atoms with van der Waals surface area (Å²) in [5.41, 5.74) is 2.83. The smallest absolute Gasteiger partial charge is 0.222 e. The lowest BCUT2D eigenvalue weighted by Crippen LogP contribution is -1.89. The molecule has 0 spiro atoms. The van der Waals surface area contributed by atoms with Gasteiger partial charge in [0.25, 0.3) is 0 Å². The molecule has 102 valence electrons. The Hall–Kier alpha value is -2.80. The second-order valence-corrected chi connectivity index (χ2v) is 3.68. The SMILES string of the molecule is N=C=O.N=C=O.c1ccc(CCc2ccccc2)cc1. The molecule has 0 unspecified atom stereocenters. The number of benzene rings is 2. The molecule has 2 rings (SSSR count). The zero-order valence-electron chi connectivity index (χ0n) is 11.0. The van der Waals surface area contributed by atoms with E-state index in [1.54, 1.807) is 0 Å². The first kappa shape index (κ1) is 17.2. The fraction of sp³-hybridized carbons (Fsp3) is 0.125. The number of nitrogens with one attached hydrogen (secondary N) is 2. The van der Waals surface area contributed by atoms with Gasteiger partial charge in [0.15, 0.2) is 0 Å². The van der Waals surface area contributed by atoms with Gasteiger partial charge in [-0.25, -0.2) is 20.4 Å². The minimum atomic E-state index is 0.750. The van der Waals surface area contributed by atoms with E-state index < -0.39 is 0 Å². The van der Waals surface area contributed by atoms with Gasteiger partial charge in [0.05, 0.1) is 0 Å². The number of carbonyl (C=O) groups excluding carboxylic acids is 2. The monoisotopic (exact) mass is 268 g/mol. The molecule has 0 saturated carbocycles. The fourth-order valence-corrected chi connectivity index (χ4v) is 1.58. The van der Waals surface area contributed by atoms with E-state index in [1.807, 2.05) is 0 Å². The summed E-state index contributed by atoms with van der Waals surface area (Å²) in [6.07, 6.45) is 3.76. The van der Waals surface area contributed by atoms with Crippen molar-refractivity contribution in [1.29, 1.82) is 10.8 Å². The van der Waals surface area contributed by atoms with Crippen molar-refractivity contribution in [2.45, 2.75) is 12.8 Å². The van der Waals surface area contributed by atoms with Gasteiger partial charge in [-0.1, -0.05) is 60.7 Å². The van der Waals surface area contributed by atoms with E-state index in [9.17, 15) is 0 Å². The highest BCUT2D eigenvalue weighted by Gasteiger charge is 1.93. The highest BCUT2D eigenvalue weighted by molar-refractivity contribution is 5.26. The van der Waals surface area contributed by atoms with Gasteiger partial charge in [0, 0.05) is 0 Å². The van der Waals surface area contributed by atoms with Gasteiger partial charge in [0.2, 0.25) is 12.2 Å². The predicted octanol–water partition coefficient (Wildman–Crippen LogP) is 3.27. The molecule has 0 bridgehead atoms. The predicted molar refractivity (Wildman–Crippen MR) is 77.1 cm³/mol. The van der Waals surface area contributed by atoms with Crippen LogP contribution in [0.25, 0.3) is 0 Å². The fourth-order valence-electron chi connectivity index (χ4n) is 1.58. The molecule has 0 heterocycles. The lowest BCUT2D eigenvalue weighted by molar-refractivity contribution is 0.562. The molecular formula is C16H16N2O2. The van der Waals surface area contributed by atoms with Crippen molar-refractivity contribution >= 4 is 12.2 Å². The van der Waals surface area contributed by atoms with E-state index in [2.05, 4.69) is 60.7 Å². The number of hydrogen-bond donors (Lipinski definition) is 2. The van der Waals surface area contributed by atoms with Gasteiger partial charge in [0.1, 0.15) is 0 Å². The molecule has 4 heteroatoms. The van der Waals surface area contributed by atoms with E-state index in [1.165, 1.54) is 11.1 Å². The van der Waals surface area contributed by atoms with Gasteiger partial charge >= 0.3 is 0 Å². The average molecular weight is 268 g/mol. The summed E-state index contributed by atoms with van der Waals surface area (Å²) in [5, 5.41) is 10.8. The van der Waals surface area contributed by atoms with E-state index in [4.69, 9.17) is 20.4 Å². The van der Waals surface area contributed by atoms with Crippen LogP contribution in [-0.2, 0) is 22.4 Å². The van der Waals surface area contributed by atoms with Crippen LogP contribution in [0.15, 0.2) is 60.7 Å². The molecule has 0 aliphatic carbocycles. The number of hydrogen-bond acceptors (Lipinski definition) is 4. The summed E-state index contributed by atoms with van der Waals surface area (Å²) < 4.78 is 0. The molecule has 20 heavy (non-hydrogen) atoms. The van der Waals surface area contributed by atoms with Crippen LogP contribution in [0, 0.1) is 10.8 Å². The Labute approximate surface area is 118 Å². The number of isocyanates is 2. The Bertz CT molecular complexity index is 475. The minimum absolute atomic E-state index is 0.750. The molecule has 0 amide bonds. The maximum atomic E-state index is 8.35. The average Bonchev–Trinajstić information content (AvgIpc) is 2.49. The highest BCUT2D eigenvalue weighted by Crippen LogP contribution is 2.06.